The van der Waals surface area contributed by atoms with Gasteiger partial charge in [-0.1, -0.05) is 42.5 Å². The van der Waals surface area contributed by atoms with Crippen LogP contribution in [0.1, 0.15) is 36.8 Å². The van der Waals surface area contributed by atoms with E-state index in [0.29, 0.717) is 6.54 Å². The zero-order valence-electron chi connectivity index (χ0n) is 16.1. The molecule has 5 heteroatoms. The quantitative estimate of drug-likeness (QED) is 0.659. The molecular weight excluding hydrogens is 354 g/mol. The molecule has 0 spiro atoms. The van der Waals surface area contributed by atoms with Gasteiger partial charge in [-0.25, -0.2) is 0 Å². The highest BCUT2D eigenvalue weighted by molar-refractivity contribution is 5.89. The summed E-state index contributed by atoms with van der Waals surface area (Å²) < 4.78 is 10.7. The number of carbonyl (C=O) groups is 2. The lowest BCUT2D eigenvalue weighted by Crippen LogP contribution is -2.37. The molecule has 2 aliphatic carbocycles. The molecule has 2 aromatic carbocycles. The number of carbonyl (C=O) groups excluding carboxylic acids is 2. The minimum Gasteiger partial charge on any atom is -0.497 e. The van der Waals surface area contributed by atoms with Gasteiger partial charge >= 0.3 is 5.97 Å². The number of methoxy groups -OCH3 is 1. The highest BCUT2D eigenvalue weighted by Gasteiger charge is 2.53. The van der Waals surface area contributed by atoms with Gasteiger partial charge < -0.3 is 14.4 Å². The fourth-order valence-electron chi connectivity index (χ4n) is 3.58. The average Bonchev–Trinajstić information content (AvgIpc) is 3.65. The van der Waals surface area contributed by atoms with Gasteiger partial charge in [0.15, 0.2) is 6.61 Å². The SMILES string of the molecule is COc1ccc(CN(C(=O)COC(=O)C2(c3ccccc3)CC2)C2CC2)cc1. The number of esters is 1. The van der Waals surface area contributed by atoms with Crippen LogP contribution >= 0.6 is 0 Å². The van der Waals surface area contributed by atoms with Crippen LogP contribution in [-0.2, 0) is 26.3 Å². The maximum absolute atomic E-state index is 12.8. The molecule has 0 N–H and O–H groups in total. The number of rotatable bonds is 8. The number of hydrogen-bond donors (Lipinski definition) is 0. The Kier molecular flexibility index (Phi) is 5.07. The Morgan fingerprint density at radius 1 is 1.04 bits per heavy atom. The maximum atomic E-state index is 12.8. The van der Waals surface area contributed by atoms with E-state index in [9.17, 15) is 9.59 Å². The third-order valence-corrected chi connectivity index (χ3v) is 5.61. The summed E-state index contributed by atoms with van der Waals surface area (Å²) in [5.41, 5.74) is 1.46. The third-order valence-electron chi connectivity index (χ3n) is 5.61. The van der Waals surface area contributed by atoms with Gasteiger partial charge in [0, 0.05) is 12.6 Å². The largest absolute Gasteiger partial charge is 0.497 e. The fraction of sp³-hybridized carbons (Fsp3) is 0.391. The summed E-state index contributed by atoms with van der Waals surface area (Å²) in [6.07, 6.45) is 3.57. The summed E-state index contributed by atoms with van der Waals surface area (Å²) >= 11 is 0. The van der Waals surface area contributed by atoms with Crippen LogP contribution in [0.2, 0.25) is 0 Å². The van der Waals surface area contributed by atoms with E-state index >= 15 is 0 Å². The molecule has 146 valence electrons. The van der Waals surface area contributed by atoms with E-state index in [1.54, 1.807) is 7.11 Å². The summed E-state index contributed by atoms with van der Waals surface area (Å²) in [7, 11) is 1.63. The van der Waals surface area contributed by atoms with Crippen LogP contribution in [0.25, 0.3) is 0 Å². The Morgan fingerprint density at radius 2 is 1.71 bits per heavy atom. The second-order valence-electron chi connectivity index (χ2n) is 7.63. The molecule has 0 heterocycles. The van der Waals surface area contributed by atoms with Crippen LogP contribution in [0.3, 0.4) is 0 Å². The zero-order chi connectivity index (χ0) is 19.6. The standard InChI is InChI=1S/C23H25NO4/c1-27-20-11-7-17(8-12-20)15-24(19-9-10-19)21(25)16-28-22(26)23(13-14-23)18-5-3-2-4-6-18/h2-8,11-12,19H,9-10,13-16H2,1H3. The lowest BCUT2D eigenvalue weighted by atomic mass is 9.96. The molecule has 0 aliphatic heterocycles. The van der Waals surface area contributed by atoms with Crippen LogP contribution < -0.4 is 4.74 Å². The molecule has 1 amide bonds. The predicted molar refractivity (Wildman–Crippen MR) is 105 cm³/mol. The Hall–Kier alpha value is -2.82. The van der Waals surface area contributed by atoms with E-state index in [4.69, 9.17) is 9.47 Å². The first-order valence-corrected chi connectivity index (χ1v) is 9.77. The van der Waals surface area contributed by atoms with Crippen molar-refractivity contribution in [3.63, 3.8) is 0 Å². The molecule has 4 rings (SSSR count). The molecule has 0 unspecified atom stereocenters. The first-order valence-electron chi connectivity index (χ1n) is 9.77. The Labute approximate surface area is 165 Å². The number of hydrogen-bond acceptors (Lipinski definition) is 4. The highest BCUT2D eigenvalue weighted by atomic mass is 16.5. The van der Waals surface area contributed by atoms with Crippen molar-refractivity contribution in [1.29, 1.82) is 0 Å². The van der Waals surface area contributed by atoms with E-state index in [1.165, 1.54) is 0 Å². The molecule has 0 atom stereocenters. The second kappa shape index (κ2) is 7.66. The number of ether oxygens (including phenoxy) is 2. The van der Waals surface area contributed by atoms with Gasteiger partial charge in [0.2, 0.25) is 0 Å². The average molecular weight is 379 g/mol. The molecule has 5 nitrogen and oxygen atoms in total. The summed E-state index contributed by atoms with van der Waals surface area (Å²) in [5, 5.41) is 0. The Bertz CT molecular complexity index is 839. The number of nitrogens with zero attached hydrogens (tertiary/aromatic N) is 1. The van der Waals surface area contributed by atoms with Crippen LogP contribution in [0.5, 0.6) is 5.75 Å². The molecule has 28 heavy (non-hydrogen) atoms. The van der Waals surface area contributed by atoms with E-state index in [0.717, 1.165) is 42.6 Å². The van der Waals surface area contributed by atoms with Gasteiger partial charge in [-0.05, 0) is 48.9 Å². The molecule has 0 bridgehead atoms. The summed E-state index contributed by atoms with van der Waals surface area (Å²) in [6.45, 7) is 0.328. The summed E-state index contributed by atoms with van der Waals surface area (Å²) in [4.78, 5) is 27.3. The summed E-state index contributed by atoms with van der Waals surface area (Å²) in [6, 6.07) is 17.6. The topological polar surface area (TPSA) is 55.8 Å². The zero-order valence-corrected chi connectivity index (χ0v) is 16.1. The lowest BCUT2D eigenvalue weighted by Gasteiger charge is -2.23. The van der Waals surface area contributed by atoms with Gasteiger partial charge in [-0.15, -0.1) is 0 Å². The Balaban J connectivity index is 1.36. The van der Waals surface area contributed by atoms with Crippen molar-refractivity contribution >= 4 is 11.9 Å². The molecule has 0 saturated heterocycles. The van der Waals surface area contributed by atoms with Crippen LogP contribution in [0.15, 0.2) is 54.6 Å². The van der Waals surface area contributed by atoms with Gasteiger partial charge in [0.25, 0.3) is 5.91 Å². The fourth-order valence-corrected chi connectivity index (χ4v) is 3.58. The van der Waals surface area contributed by atoms with Crippen molar-refractivity contribution in [3.05, 3.63) is 65.7 Å². The van der Waals surface area contributed by atoms with E-state index < -0.39 is 5.41 Å². The van der Waals surface area contributed by atoms with Crippen LogP contribution in [0.4, 0.5) is 0 Å². The van der Waals surface area contributed by atoms with Crippen molar-refractivity contribution < 1.29 is 19.1 Å². The number of benzene rings is 2. The van der Waals surface area contributed by atoms with Crippen LogP contribution in [-0.4, -0.2) is 36.5 Å². The minimum absolute atomic E-state index is 0.129. The van der Waals surface area contributed by atoms with Gasteiger partial charge in [-0.3, -0.25) is 9.59 Å². The van der Waals surface area contributed by atoms with Crippen molar-refractivity contribution in [2.75, 3.05) is 13.7 Å². The molecule has 0 aromatic heterocycles. The van der Waals surface area contributed by atoms with Crippen molar-refractivity contribution in [3.8, 4) is 5.75 Å². The van der Waals surface area contributed by atoms with E-state index in [1.807, 2.05) is 59.5 Å². The highest BCUT2D eigenvalue weighted by Crippen LogP contribution is 2.49. The third kappa shape index (κ3) is 3.88. The lowest BCUT2D eigenvalue weighted by molar-refractivity contribution is -0.154. The van der Waals surface area contributed by atoms with Crippen LogP contribution in [0, 0.1) is 0 Å². The normalized spacial score (nSPS) is 16.9. The predicted octanol–water partition coefficient (Wildman–Crippen LogP) is 3.46. The minimum atomic E-state index is -0.554. The van der Waals surface area contributed by atoms with Crippen molar-refractivity contribution in [2.45, 2.75) is 43.7 Å². The second-order valence-corrected chi connectivity index (χ2v) is 7.63. The first kappa shape index (κ1) is 18.5. The molecular formula is C23H25NO4. The van der Waals surface area contributed by atoms with Gasteiger partial charge in [0.05, 0.1) is 12.5 Å². The van der Waals surface area contributed by atoms with Crippen molar-refractivity contribution in [2.24, 2.45) is 0 Å². The summed E-state index contributed by atoms with van der Waals surface area (Å²) in [5.74, 6) is 0.375. The number of amides is 1. The van der Waals surface area contributed by atoms with Crippen molar-refractivity contribution in [1.82, 2.24) is 4.90 Å². The molecule has 2 aliphatic rings. The van der Waals surface area contributed by atoms with Gasteiger partial charge in [-0.2, -0.15) is 0 Å². The van der Waals surface area contributed by atoms with E-state index in [2.05, 4.69) is 0 Å². The Morgan fingerprint density at radius 3 is 2.29 bits per heavy atom. The first-order chi connectivity index (χ1) is 13.6. The molecule has 2 fully saturated rings. The smallest absolute Gasteiger partial charge is 0.317 e. The maximum Gasteiger partial charge on any atom is 0.317 e. The molecule has 0 radical (unpaired) electrons. The molecule has 2 saturated carbocycles. The van der Waals surface area contributed by atoms with Gasteiger partial charge in [0.1, 0.15) is 5.75 Å². The molecule has 2 aromatic rings. The van der Waals surface area contributed by atoms with E-state index in [-0.39, 0.29) is 24.5 Å². The monoisotopic (exact) mass is 379 g/mol.